The van der Waals surface area contributed by atoms with Gasteiger partial charge in [-0.2, -0.15) is 0 Å². The SMILES string of the molecule is CC[C@H](NC(=O)[C@@H](C)Oc1ccc2ccccc2c1)c1ccc(S(C)(=O)=O)cc1. The van der Waals surface area contributed by atoms with Crippen molar-refractivity contribution >= 4 is 26.5 Å². The van der Waals surface area contributed by atoms with Crippen LogP contribution >= 0.6 is 0 Å². The van der Waals surface area contributed by atoms with E-state index >= 15 is 0 Å². The van der Waals surface area contributed by atoms with E-state index in [0.717, 1.165) is 16.3 Å². The lowest BCUT2D eigenvalue weighted by Crippen LogP contribution is -2.38. The van der Waals surface area contributed by atoms with Crippen molar-refractivity contribution in [3.05, 3.63) is 72.3 Å². The number of nitrogens with one attached hydrogen (secondary N) is 1. The molecule has 0 aliphatic heterocycles. The number of sulfone groups is 1. The Morgan fingerprint density at radius 1 is 1.00 bits per heavy atom. The monoisotopic (exact) mass is 411 g/mol. The number of amides is 1. The zero-order valence-electron chi connectivity index (χ0n) is 16.8. The van der Waals surface area contributed by atoms with E-state index in [2.05, 4.69) is 5.32 Å². The molecule has 0 saturated heterocycles. The van der Waals surface area contributed by atoms with Gasteiger partial charge < -0.3 is 10.1 Å². The molecule has 0 radical (unpaired) electrons. The van der Waals surface area contributed by atoms with Gasteiger partial charge in [0.1, 0.15) is 5.75 Å². The Balaban J connectivity index is 1.68. The third kappa shape index (κ3) is 5.15. The fourth-order valence-corrected chi connectivity index (χ4v) is 3.79. The number of fused-ring (bicyclic) bond motifs is 1. The highest BCUT2D eigenvalue weighted by Gasteiger charge is 2.20. The average Bonchev–Trinajstić information content (AvgIpc) is 2.71. The molecule has 0 bridgehead atoms. The van der Waals surface area contributed by atoms with Gasteiger partial charge in [0.05, 0.1) is 10.9 Å². The molecule has 1 amide bonds. The lowest BCUT2D eigenvalue weighted by Gasteiger charge is -2.21. The van der Waals surface area contributed by atoms with Crippen molar-refractivity contribution < 1.29 is 17.9 Å². The fourth-order valence-electron chi connectivity index (χ4n) is 3.16. The normalized spacial score (nSPS) is 13.6. The van der Waals surface area contributed by atoms with E-state index in [9.17, 15) is 13.2 Å². The van der Waals surface area contributed by atoms with Gasteiger partial charge in [-0.25, -0.2) is 8.42 Å². The number of rotatable bonds is 7. The Kier molecular flexibility index (Phi) is 6.23. The van der Waals surface area contributed by atoms with E-state index in [1.807, 2.05) is 49.4 Å². The molecule has 3 rings (SSSR count). The summed E-state index contributed by atoms with van der Waals surface area (Å²) in [6.45, 7) is 3.67. The van der Waals surface area contributed by atoms with Crippen LogP contribution in [0.3, 0.4) is 0 Å². The summed E-state index contributed by atoms with van der Waals surface area (Å²) in [4.78, 5) is 12.9. The fraction of sp³-hybridized carbons (Fsp3) is 0.261. The van der Waals surface area contributed by atoms with Crippen LogP contribution in [0.4, 0.5) is 0 Å². The molecule has 0 heterocycles. The maximum atomic E-state index is 12.6. The number of ether oxygens (including phenoxy) is 1. The maximum absolute atomic E-state index is 12.6. The molecule has 0 aliphatic carbocycles. The summed E-state index contributed by atoms with van der Waals surface area (Å²) in [5, 5.41) is 5.15. The molecular formula is C23H25NO4S. The summed E-state index contributed by atoms with van der Waals surface area (Å²) in [5.41, 5.74) is 0.853. The number of benzene rings is 3. The molecule has 0 fully saturated rings. The lowest BCUT2D eigenvalue weighted by atomic mass is 10.0. The van der Waals surface area contributed by atoms with E-state index in [1.54, 1.807) is 31.2 Å². The molecule has 152 valence electrons. The second kappa shape index (κ2) is 8.66. The van der Waals surface area contributed by atoms with Crippen LogP contribution in [0, 0.1) is 0 Å². The molecule has 29 heavy (non-hydrogen) atoms. The Hall–Kier alpha value is -2.86. The molecule has 0 spiro atoms. The number of hydrogen-bond acceptors (Lipinski definition) is 4. The second-order valence-corrected chi connectivity index (χ2v) is 9.10. The van der Waals surface area contributed by atoms with Crippen molar-refractivity contribution in [2.75, 3.05) is 6.26 Å². The van der Waals surface area contributed by atoms with E-state index in [1.165, 1.54) is 6.26 Å². The molecule has 3 aromatic rings. The van der Waals surface area contributed by atoms with Gasteiger partial charge in [-0.1, -0.05) is 49.4 Å². The van der Waals surface area contributed by atoms with Crippen molar-refractivity contribution in [3.63, 3.8) is 0 Å². The van der Waals surface area contributed by atoms with Crippen molar-refractivity contribution in [1.29, 1.82) is 0 Å². The third-order valence-corrected chi connectivity index (χ3v) is 5.97. The highest BCUT2D eigenvalue weighted by Crippen LogP contribution is 2.23. The van der Waals surface area contributed by atoms with E-state index in [4.69, 9.17) is 4.74 Å². The van der Waals surface area contributed by atoms with Crippen LogP contribution in [-0.4, -0.2) is 26.7 Å². The molecule has 5 nitrogen and oxygen atoms in total. The average molecular weight is 412 g/mol. The van der Waals surface area contributed by atoms with Crippen LogP contribution in [0.25, 0.3) is 10.8 Å². The zero-order chi connectivity index (χ0) is 21.0. The van der Waals surface area contributed by atoms with Crippen LogP contribution in [0.15, 0.2) is 71.6 Å². The number of carbonyl (C=O) groups is 1. The van der Waals surface area contributed by atoms with Crippen molar-refractivity contribution in [2.24, 2.45) is 0 Å². The van der Waals surface area contributed by atoms with Crippen LogP contribution < -0.4 is 10.1 Å². The van der Waals surface area contributed by atoms with Gasteiger partial charge in [0.2, 0.25) is 0 Å². The van der Waals surface area contributed by atoms with E-state index in [0.29, 0.717) is 12.2 Å². The molecule has 3 aromatic carbocycles. The first kappa shape index (κ1) is 20.9. The summed E-state index contributed by atoms with van der Waals surface area (Å²) >= 11 is 0. The van der Waals surface area contributed by atoms with Gasteiger partial charge in [0.25, 0.3) is 5.91 Å². The minimum Gasteiger partial charge on any atom is -0.481 e. The topological polar surface area (TPSA) is 72.5 Å². The Labute approximate surface area is 171 Å². The summed E-state index contributed by atoms with van der Waals surface area (Å²) in [7, 11) is -3.25. The number of hydrogen-bond donors (Lipinski definition) is 1. The first-order chi connectivity index (χ1) is 13.8. The predicted octanol–water partition coefficient (Wildman–Crippen LogP) is 4.28. The summed E-state index contributed by atoms with van der Waals surface area (Å²) < 4.78 is 29.1. The molecule has 6 heteroatoms. The number of carbonyl (C=O) groups excluding carboxylic acids is 1. The second-order valence-electron chi connectivity index (χ2n) is 7.08. The smallest absolute Gasteiger partial charge is 0.261 e. The zero-order valence-corrected chi connectivity index (χ0v) is 17.6. The van der Waals surface area contributed by atoms with Gasteiger partial charge >= 0.3 is 0 Å². The van der Waals surface area contributed by atoms with E-state index in [-0.39, 0.29) is 16.8 Å². The Morgan fingerprint density at radius 3 is 2.28 bits per heavy atom. The Morgan fingerprint density at radius 2 is 1.66 bits per heavy atom. The predicted molar refractivity (Wildman–Crippen MR) is 115 cm³/mol. The molecule has 0 unspecified atom stereocenters. The van der Waals surface area contributed by atoms with Crippen molar-refractivity contribution in [2.45, 2.75) is 37.3 Å². The first-order valence-electron chi connectivity index (χ1n) is 9.54. The lowest BCUT2D eigenvalue weighted by molar-refractivity contribution is -0.128. The van der Waals surface area contributed by atoms with Crippen LogP contribution in [0.2, 0.25) is 0 Å². The van der Waals surface area contributed by atoms with E-state index < -0.39 is 15.9 Å². The molecule has 2 atom stereocenters. The molecule has 0 aromatic heterocycles. The van der Waals surface area contributed by atoms with Gasteiger partial charge in [-0.3, -0.25) is 4.79 Å². The third-order valence-electron chi connectivity index (χ3n) is 4.84. The minimum absolute atomic E-state index is 0.223. The largest absolute Gasteiger partial charge is 0.481 e. The Bertz CT molecular complexity index is 1110. The van der Waals surface area contributed by atoms with Crippen molar-refractivity contribution in [3.8, 4) is 5.75 Å². The van der Waals surface area contributed by atoms with Gasteiger partial charge in [-0.05, 0) is 53.9 Å². The standard InChI is InChI=1S/C23H25NO4S/c1-4-22(18-10-13-21(14-11-18)29(3,26)27)24-23(25)16(2)28-20-12-9-17-7-5-6-8-19(17)15-20/h5-16,22H,4H2,1-3H3,(H,24,25)/t16-,22+/m1/s1. The molecular weight excluding hydrogens is 386 g/mol. The highest BCUT2D eigenvalue weighted by molar-refractivity contribution is 7.90. The van der Waals surface area contributed by atoms with Crippen molar-refractivity contribution in [1.82, 2.24) is 5.32 Å². The van der Waals surface area contributed by atoms with Crippen LogP contribution in [0.5, 0.6) is 5.75 Å². The van der Waals surface area contributed by atoms with Crippen LogP contribution in [-0.2, 0) is 14.6 Å². The summed E-state index contributed by atoms with van der Waals surface area (Å²) in [5.74, 6) is 0.411. The van der Waals surface area contributed by atoms with Gasteiger partial charge in [0, 0.05) is 6.26 Å². The molecule has 0 saturated carbocycles. The molecule has 0 aliphatic rings. The van der Waals surface area contributed by atoms with Gasteiger partial charge in [0.15, 0.2) is 15.9 Å². The molecule has 1 N–H and O–H groups in total. The van der Waals surface area contributed by atoms with Gasteiger partial charge in [-0.15, -0.1) is 0 Å². The maximum Gasteiger partial charge on any atom is 0.261 e. The summed E-state index contributed by atoms with van der Waals surface area (Å²) in [6, 6.07) is 20.1. The first-order valence-corrected chi connectivity index (χ1v) is 11.4. The quantitative estimate of drug-likeness (QED) is 0.630. The van der Waals surface area contributed by atoms with Crippen LogP contribution in [0.1, 0.15) is 31.9 Å². The minimum atomic E-state index is -3.25. The summed E-state index contributed by atoms with van der Waals surface area (Å²) in [6.07, 6.45) is 1.18. The highest BCUT2D eigenvalue weighted by atomic mass is 32.2.